The lowest BCUT2D eigenvalue weighted by Crippen LogP contribution is -2.42. The van der Waals surface area contributed by atoms with Gasteiger partial charge in [-0.05, 0) is 54.8 Å². The first-order valence-electron chi connectivity index (χ1n) is 8.84. The number of nitrogens with zero attached hydrogens (tertiary/aromatic N) is 3. The van der Waals surface area contributed by atoms with Gasteiger partial charge in [0.05, 0.1) is 11.6 Å². The monoisotopic (exact) mass is 317 g/mol. The third kappa shape index (κ3) is 3.21. The second-order valence-electron chi connectivity index (χ2n) is 6.99. The van der Waals surface area contributed by atoms with Crippen LogP contribution >= 0.6 is 0 Å². The Bertz CT molecular complexity index is 739. The molecule has 0 amide bonds. The van der Waals surface area contributed by atoms with Gasteiger partial charge in [-0.25, -0.2) is 0 Å². The lowest BCUT2D eigenvalue weighted by Gasteiger charge is -2.36. The number of benzene rings is 2. The molecule has 2 aromatic rings. The van der Waals surface area contributed by atoms with Crippen LogP contribution in [0.1, 0.15) is 35.1 Å². The van der Waals surface area contributed by atoms with Gasteiger partial charge in [0.15, 0.2) is 0 Å². The molecule has 0 radical (unpaired) electrons. The summed E-state index contributed by atoms with van der Waals surface area (Å²) in [6.45, 7) is 5.48. The molecule has 3 nitrogen and oxygen atoms in total. The highest BCUT2D eigenvalue weighted by atomic mass is 15.2. The Morgan fingerprint density at radius 3 is 2.46 bits per heavy atom. The maximum atomic E-state index is 9.06. The number of hydrogen-bond acceptors (Lipinski definition) is 3. The predicted octanol–water partition coefficient (Wildman–Crippen LogP) is 3.54. The molecule has 122 valence electrons. The molecule has 0 N–H and O–H groups in total. The molecular weight excluding hydrogens is 294 g/mol. The van der Waals surface area contributed by atoms with Crippen molar-refractivity contribution in [2.45, 2.75) is 38.5 Å². The van der Waals surface area contributed by atoms with Crippen molar-refractivity contribution in [2.75, 3.05) is 13.1 Å². The Kier molecular flexibility index (Phi) is 4.34. The average molecular weight is 317 g/mol. The van der Waals surface area contributed by atoms with E-state index in [1.807, 2.05) is 6.07 Å². The lowest BCUT2D eigenvalue weighted by atomic mass is 10.0. The van der Waals surface area contributed by atoms with E-state index in [0.29, 0.717) is 6.04 Å². The molecule has 2 aliphatic heterocycles. The molecule has 0 saturated carbocycles. The van der Waals surface area contributed by atoms with Gasteiger partial charge in [0.25, 0.3) is 0 Å². The summed E-state index contributed by atoms with van der Waals surface area (Å²) in [5, 5.41) is 9.06. The van der Waals surface area contributed by atoms with Crippen molar-refractivity contribution in [3.05, 3.63) is 70.8 Å². The standard InChI is InChI=1S/C21H23N3/c22-13-18-6-7-19-15-24(16-20(19)12-18)21-8-10-23(11-9-21)14-17-4-2-1-3-5-17/h1-7,12,21H,8-11,14-16H2. The fourth-order valence-electron chi connectivity index (χ4n) is 4.03. The van der Waals surface area contributed by atoms with Crippen LogP contribution < -0.4 is 0 Å². The molecule has 0 bridgehead atoms. The highest BCUT2D eigenvalue weighted by Crippen LogP contribution is 2.29. The Morgan fingerprint density at radius 2 is 1.71 bits per heavy atom. The fourth-order valence-corrected chi connectivity index (χ4v) is 4.03. The average Bonchev–Trinajstić information content (AvgIpc) is 3.06. The second-order valence-corrected chi connectivity index (χ2v) is 6.99. The Morgan fingerprint density at radius 1 is 0.958 bits per heavy atom. The number of likely N-dealkylation sites (tertiary alicyclic amines) is 1. The number of piperidine rings is 1. The van der Waals surface area contributed by atoms with Crippen LogP contribution in [0.3, 0.4) is 0 Å². The van der Waals surface area contributed by atoms with Gasteiger partial charge in [0.2, 0.25) is 0 Å². The summed E-state index contributed by atoms with van der Waals surface area (Å²) in [6.07, 6.45) is 2.48. The summed E-state index contributed by atoms with van der Waals surface area (Å²) in [6, 6.07) is 19.9. The van der Waals surface area contributed by atoms with Gasteiger partial charge >= 0.3 is 0 Å². The van der Waals surface area contributed by atoms with E-state index in [4.69, 9.17) is 5.26 Å². The molecule has 24 heavy (non-hydrogen) atoms. The number of rotatable bonds is 3. The fraction of sp³-hybridized carbons (Fsp3) is 0.381. The van der Waals surface area contributed by atoms with E-state index in [9.17, 15) is 0 Å². The molecule has 2 heterocycles. The van der Waals surface area contributed by atoms with Gasteiger partial charge < -0.3 is 0 Å². The summed E-state index contributed by atoms with van der Waals surface area (Å²) < 4.78 is 0. The molecule has 0 aromatic heterocycles. The van der Waals surface area contributed by atoms with Crippen molar-refractivity contribution >= 4 is 0 Å². The number of fused-ring (bicyclic) bond motifs is 1. The van der Waals surface area contributed by atoms with Crippen molar-refractivity contribution < 1.29 is 0 Å². The molecular formula is C21H23N3. The van der Waals surface area contributed by atoms with E-state index >= 15 is 0 Å². The number of hydrogen-bond donors (Lipinski definition) is 0. The topological polar surface area (TPSA) is 30.3 Å². The van der Waals surface area contributed by atoms with E-state index in [1.165, 1.54) is 42.6 Å². The van der Waals surface area contributed by atoms with Gasteiger partial charge in [-0.15, -0.1) is 0 Å². The minimum Gasteiger partial charge on any atom is -0.299 e. The zero-order valence-electron chi connectivity index (χ0n) is 14.0. The van der Waals surface area contributed by atoms with Crippen LogP contribution in [0.5, 0.6) is 0 Å². The summed E-state index contributed by atoms with van der Waals surface area (Å²) in [7, 11) is 0. The summed E-state index contributed by atoms with van der Waals surface area (Å²) in [4.78, 5) is 5.18. The van der Waals surface area contributed by atoms with Crippen molar-refractivity contribution in [3.8, 4) is 6.07 Å². The van der Waals surface area contributed by atoms with E-state index in [-0.39, 0.29) is 0 Å². The molecule has 2 aromatic carbocycles. The molecule has 1 saturated heterocycles. The first-order chi connectivity index (χ1) is 11.8. The van der Waals surface area contributed by atoms with Crippen LogP contribution in [0.15, 0.2) is 48.5 Å². The first kappa shape index (κ1) is 15.4. The quantitative estimate of drug-likeness (QED) is 0.867. The van der Waals surface area contributed by atoms with Gasteiger partial charge in [-0.1, -0.05) is 36.4 Å². The Hall–Kier alpha value is -2.15. The molecule has 0 unspecified atom stereocenters. The van der Waals surface area contributed by atoms with Crippen LogP contribution in [-0.4, -0.2) is 28.9 Å². The molecule has 4 rings (SSSR count). The number of nitriles is 1. The van der Waals surface area contributed by atoms with E-state index in [2.05, 4.69) is 58.3 Å². The van der Waals surface area contributed by atoms with Gasteiger partial charge in [0, 0.05) is 25.7 Å². The molecule has 0 atom stereocenters. The lowest BCUT2D eigenvalue weighted by molar-refractivity contribution is 0.103. The van der Waals surface area contributed by atoms with E-state index in [0.717, 1.165) is 25.2 Å². The largest absolute Gasteiger partial charge is 0.299 e. The minimum atomic E-state index is 0.676. The van der Waals surface area contributed by atoms with Crippen molar-refractivity contribution in [2.24, 2.45) is 0 Å². The highest BCUT2D eigenvalue weighted by molar-refractivity contribution is 5.40. The van der Waals surface area contributed by atoms with Crippen LogP contribution in [0.4, 0.5) is 0 Å². The normalized spacial score (nSPS) is 19.1. The summed E-state index contributed by atoms with van der Waals surface area (Å²) >= 11 is 0. The van der Waals surface area contributed by atoms with E-state index in [1.54, 1.807) is 0 Å². The first-order valence-corrected chi connectivity index (χ1v) is 8.84. The molecule has 0 aliphatic carbocycles. The minimum absolute atomic E-state index is 0.676. The molecule has 3 heteroatoms. The van der Waals surface area contributed by atoms with E-state index < -0.39 is 0 Å². The van der Waals surface area contributed by atoms with Crippen LogP contribution in [0.2, 0.25) is 0 Å². The van der Waals surface area contributed by atoms with Crippen molar-refractivity contribution in [1.82, 2.24) is 9.80 Å². The third-order valence-electron chi connectivity index (χ3n) is 5.40. The SMILES string of the molecule is N#Cc1ccc2c(c1)CN(C1CCN(Cc3ccccc3)CC1)C2. The second kappa shape index (κ2) is 6.76. The highest BCUT2D eigenvalue weighted by Gasteiger charge is 2.29. The third-order valence-corrected chi connectivity index (χ3v) is 5.40. The predicted molar refractivity (Wildman–Crippen MR) is 95.1 cm³/mol. The van der Waals surface area contributed by atoms with Crippen molar-refractivity contribution in [3.63, 3.8) is 0 Å². The molecule has 0 spiro atoms. The van der Waals surface area contributed by atoms with Crippen LogP contribution in [0, 0.1) is 11.3 Å². The van der Waals surface area contributed by atoms with Gasteiger partial charge in [-0.2, -0.15) is 5.26 Å². The smallest absolute Gasteiger partial charge is 0.0991 e. The van der Waals surface area contributed by atoms with Crippen LogP contribution in [-0.2, 0) is 19.6 Å². The zero-order chi connectivity index (χ0) is 16.4. The summed E-state index contributed by atoms with van der Waals surface area (Å²) in [5.41, 5.74) is 4.95. The van der Waals surface area contributed by atoms with Crippen LogP contribution in [0.25, 0.3) is 0 Å². The maximum absolute atomic E-state index is 9.06. The Labute approximate surface area is 144 Å². The molecule has 1 fully saturated rings. The molecule has 2 aliphatic rings. The zero-order valence-corrected chi connectivity index (χ0v) is 14.0. The summed E-state index contributed by atoms with van der Waals surface area (Å²) in [5.74, 6) is 0. The van der Waals surface area contributed by atoms with Gasteiger partial charge in [-0.3, -0.25) is 9.80 Å². The van der Waals surface area contributed by atoms with Gasteiger partial charge in [0.1, 0.15) is 0 Å². The maximum Gasteiger partial charge on any atom is 0.0991 e. The Balaban J connectivity index is 1.33. The van der Waals surface area contributed by atoms with Crippen molar-refractivity contribution in [1.29, 1.82) is 5.26 Å².